The second-order valence-electron chi connectivity index (χ2n) is 6.04. The first-order valence-corrected chi connectivity index (χ1v) is 7.94. The summed E-state index contributed by atoms with van der Waals surface area (Å²) in [5.74, 6) is 1.23. The van der Waals surface area contributed by atoms with E-state index in [9.17, 15) is 4.79 Å². The predicted molar refractivity (Wildman–Crippen MR) is 78.1 cm³/mol. The average Bonchev–Trinajstić information content (AvgIpc) is 2.46. The van der Waals surface area contributed by atoms with Crippen LogP contribution in [-0.4, -0.2) is 62.0 Å². The van der Waals surface area contributed by atoms with Gasteiger partial charge in [0.2, 0.25) is 5.91 Å². The molecule has 1 aliphatic heterocycles. The Morgan fingerprint density at radius 3 is 2.42 bits per heavy atom. The number of rotatable bonds is 5. The van der Waals surface area contributed by atoms with Crippen LogP contribution in [0.25, 0.3) is 0 Å². The first-order chi connectivity index (χ1) is 9.29. The van der Waals surface area contributed by atoms with Gasteiger partial charge < -0.3 is 10.2 Å². The number of amides is 1. The molecule has 1 amide bonds. The maximum Gasteiger partial charge on any atom is 0.223 e. The molecule has 1 N–H and O–H groups in total. The van der Waals surface area contributed by atoms with E-state index < -0.39 is 0 Å². The molecule has 0 radical (unpaired) electrons. The van der Waals surface area contributed by atoms with Crippen molar-refractivity contribution in [3.8, 4) is 0 Å². The minimum absolute atomic E-state index is 0.312. The molecule has 0 unspecified atom stereocenters. The number of nitrogens with zero attached hydrogens (tertiary/aromatic N) is 2. The number of carbonyl (C=O) groups excluding carboxylic acids is 1. The Kier molecular flexibility index (Phi) is 6.11. The lowest BCUT2D eigenvalue weighted by molar-refractivity contribution is -0.132. The molecule has 2 fully saturated rings. The van der Waals surface area contributed by atoms with E-state index in [0.717, 1.165) is 38.6 Å². The summed E-state index contributed by atoms with van der Waals surface area (Å²) in [6.07, 6.45) is 7.76. The normalized spacial score (nSPS) is 22.7. The topological polar surface area (TPSA) is 35.6 Å². The lowest BCUT2D eigenvalue weighted by Crippen LogP contribution is -2.50. The van der Waals surface area contributed by atoms with Gasteiger partial charge in [0.05, 0.1) is 0 Å². The third-order valence-corrected chi connectivity index (χ3v) is 4.56. The Balaban J connectivity index is 1.65. The summed E-state index contributed by atoms with van der Waals surface area (Å²) in [4.78, 5) is 16.5. The fraction of sp³-hybridized carbons (Fsp3) is 0.933. The highest BCUT2D eigenvalue weighted by molar-refractivity contribution is 5.76. The first kappa shape index (κ1) is 14.8. The van der Waals surface area contributed by atoms with Gasteiger partial charge >= 0.3 is 0 Å². The van der Waals surface area contributed by atoms with Crippen LogP contribution in [0.2, 0.25) is 0 Å². The minimum Gasteiger partial charge on any atom is -0.340 e. The van der Waals surface area contributed by atoms with Crippen LogP contribution in [0.5, 0.6) is 0 Å². The molecule has 110 valence electrons. The molecular formula is C15H29N3O. The molecule has 0 bridgehead atoms. The summed E-state index contributed by atoms with van der Waals surface area (Å²) in [5, 5.41) is 3.04. The molecular weight excluding hydrogens is 238 g/mol. The summed E-state index contributed by atoms with van der Waals surface area (Å²) in [5.41, 5.74) is 0. The Bertz CT molecular complexity index is 269. The highest BCUT2D eigenvalue weighted by Gasteiger charge is 2.23. The molecule has 0 aromatic heterocycles. The summed E-state index contributed by atoms with van der Waals surface area (Å²) in [6, 6.07) is 0. The third-order valence-electron chi connectivity index (χ3n) is 4.56. The summed E-state index contributed by atoms with van der Waals surface area (Å²) in [7, 11) is 1.90. The number of nitrogens with one attached hydrogen (secondary N) is 1. The van der Waals surface area contributed by atoms with E-state index in [0.29, 0.717) is 12.3 Å². The Labute approximate surface area is 117 Å². The van der Waals surface area contributed by atoms with Crippen molar-refractivity contribution in [3.63, 3.8) is 0 Å². The zero-order valence-electron chi connectivity index (χ0n) is 12.4. The second kappa shape index (κ2) is 7.85. The quantitative estimate of drug-likeness (QED) is 0.816. The molecule has 0 aromatic rings. The van der Waals surface area contributed by atoms with Crippen molar-refractivity contribution in [3.05, 3.63) is 0 Å². The third kappa shape index (κ3) is 4.77. The van der Waals surface area contributed by atoms with Crippen LogP contribution in [0.1, 0.15) is 38.5 Å². The van der Waals surface area contributed by atoms with Crippen molar-refractivity contribution >= 4 is 5.91 Å². The first-order valence-electron chi connectivity index (χ1n) is 7.94. The average molecular weight is 267 g/mol. The SMILES string of the molecule is CNCCC(=O)N1CCN(CC2CCCCC2)CC1. The van der Waals surface area contributed by atoms with Gasteiger partial charge in [0.1, 0.15) is 0 Å². The van der Waals surface area contributed by atoms with Crippen molar-refractivity contribution in [2.45, 2.75) is 38.5 Å². The largest absolute Gasteiger partial charge is 0.340 e. The fourth-order valence-corrected chi connectivity index (χ4v) is 3.30. The van der Waals surface area contributed by atoms with Crippen LogP contribution >= 0.6 is 0 Å². The minimum atomic E-state index is 0.312. The molecule has 1 saturated carbocycles. The summed E-state index contributed by atoms with van der Waals surface area (Å²) >= 11 is 0. The van der Waals surface area contributed by atoms with Crippen LogP contribution in [0.15, 0.2) is 0 Å². The molecule has 2 rings (SSSR count). The highest BCUT2D eigenvalue weighted by Crippen LogP contribution is 2.24. The zero-order chi connectivity index (χ0) is 13.5. The maximum absolute atomic E-state index is 11.9. The molecule has 1 heterocycles. The van der Waals surface area contributed by atoms with Gasteiger partial charge in [-0.05, 0) is 25.8 Å². The molecule has 0 aromatic carbocycles. The molecule has 19 heavy (non-hydrogen) atoms. The molecule has 1 aliphatic carbocycles. The van der Waals surface area contributed by atoms with Crippen LogP contribution in [-0.2, 0) is 4.79 Å². The van der Waals surface area contributed by atoms with E-state index in [2.05, 4.69) is 10.2 Å². The van der Waals surface area contributed by atoms with Gasteiger partial charge in [-0.15, -0.1) is 0 Å². The van der Waals surface area contributed by atoms with E-state index in [1.807, 2.05) is 11.9 Å². The smallest absolute Gasteiger partial charge is 0.223 e. The van der Waals surface area contributed by atoms with Gasteiger partial charge in [0.25, 0.3) is 0 Å². The van der Waals surface area contributed by atoms with Gasteiger partial charge in [0, 0.05) is 45.7 Å². The van der Waals surface area contributed by atoms with E-state index in [1.54, 1.807) is 0 Å². The van der Waals surface area contributed by atoms with Crippen molar-refractivity contribution in [1.29, 1.82) is 0 Å². The monoisotopic (exact) mass is 267 g/mol. The van der Waals surface area contributed by atoms with Gasteiger partial charge in [0.15, 0.2) is 0 Å². The van der Waals surface area contributed by atoms with Crippen molar-refractivity contribution in [2.75, 3.05) is 46.3 Å². The van der Waals surface area contributed by atoms with E-state index in [-0.39, 0.29) is 0 Å². The molecule has 0 spiro atoms. The number of hydrogen-bond donors (Lipinski definition) is 1. The molecule has 0 atom stereocenters. The lowest BCUT2D eigenvalue weighted by Gasteiger charge is -2.37. The summed E-state index contributed by atoms with van der Waals surface area (Å²) in [6.45, 7) is 6.05. The van der Waals surface area contributed by atoms with Gasteiger partial charge in [-0.3, -0.25) is 9.69 Å². The molecule has 4 nitrogen and oxygen atoms in total. The second-order valence-corrected chi connectivity index (χ2v) is 6.04. The number of piperazine rings is 1. The Morgan fingerprint density at radius 2 is 1.79 bits per heavy atom. The Morgan fingerprint density at radius 1 is 1.11 bits per heavy atom. The zero-order valence-corrected chi connectivity index (χ0v) is 12.4. The number of hydrogen-bond acceptors (Lipinski definition) is 3. The molecule has 2 aliphatic rings. The lowest BCUT2D eigenvalue weighted by atomic mass is 9.89. The van der Waals surface area contributed by atoms with Gasteiger partial charge in [-0.1, -0.05) is 19.3 Å². The highest BCUT2D eigenvalue weighted by atomic mass is 16.2. The summed E-state index contributed by atoms with van der Waals surface area (Å²) < 4.78 is 0. The molecule has 1 saturated heterocycles. The van der Waals surface area contributed by atoms with Crippen LogP contribution in [0.4, 0.5) is 0 Å². The maximum atomic E-state index is 11.9. The van der Waals surface area contributed by atoms with Gasteiger partial charge in [-0.25, -0.2) is 0 Å². The van der Waals surface area contributed by atoms with Crippen LogP contribution in [0.3, 0.4) is 0 Å². The van der Waals surface area contributed by atoms with Crippen molar-refractivity contribution in [1.82, 2.24) is 15.1 Å². The Hall–Kier alpha value is -0.610. The van der Waals surface area contributed by atoms with Gasteiger partial charge in [-0.2, -0.15) is 0 Å². The predicted octanol–water partition coefficient (Wildman–Crippen LogP) is 1.32. The van der Waals surface area contributed by atoms with E-state index in [4.69, 9.17) is 0 Å². The fourth-order valence-electron chi connectivity index (χ4n) is 3.30. The van der Waals surface area contributed by atoms with E-state index >= 15 is 0 Å². The molecule has 4 heteroatoms. The van der Waals surface area contributed by atoms with Crippen molar-refractivity contribution in [2.24, 2.45) is 5.92 Å². The number of carbonyl (C=O) groups is 1. The van der Waals surface area contributed by atoms with Crippen molar-refractivity contribution < 1.29 is 4.79 Å². The van der Waals surface area contributed by atoms with Crippen LogP contribution < -0.4 is 5.32 Å². The van der Waals surface area contributed by atoms with Crippen LogP contribution in [0, 0.1) is 5.92 Å². The van der Waals surface area contributed by atoms with E-state index in [1.165, 1.54) is 38.6 Å². The standard InChI is InChI=1S/C15H29N3O/c1-16-8-7-15(19)18-11-9-17(10-12-18)13-14-5-3-2-4-6-14/h14,16H,2-13H2,1H3.